The van der Waals surface area contributed by atoms with Crippen LogP contribution in [0.5, 0.6) is 0 Å². The van der Waals surface area contributed by atoms with Crippen LogP contribution in [0.3, 0.4) is 0 Å². The fourth-order valence-electron chi connectivity index (χ4n) is 2.21. The summed E-state index contributed by atoms with van der Waals surface area (Å²) in [4.78, 5) is 12.0. The highest BCUT2D eigenvalue weighted by Gasteiger charge is 2.30. The summed E-state index contributed by atoms with van der Waals surface area (Å²) in [5, 5.41) is 10.5. The summed E-state index contributed by atoms with van der Waals surface area (Å²) in [5.41, 5.74) is 0.527. The number of carbonyl (C=O) groups is 1. The lowest BCUT2D eigenvalue weighted by atomic mass is 10.2. The van der Waals surface area contributed by atoms with Crippen LogP contribution in [0.1, 0.15) is 17.1 Å². The summed E-state index contributed by atoms with van der Waals surface area (Å²) in [5.74, 6) is -0.668. The number of rotatable bonds is 3. The Morgan fingerprint density at radius 3 is 2.77 bits per heavy atom. The first-order chi connectivity index (χ1) is 10.4. The van der Waals surface area contributed by atoms with Crippen LogP contribution in [0.25, 0.3) is 11.5 Å². The highest BCUT2D eigenvalue weighted by molar-refractivity contribution is 7.91. The van der Waals surface area contributed by atoms with E-state index < -0.39 is 21.8 Å². The molecule has 1 atom stereocenters. The Labute approximate surface area is 131 Å². The van der Waals surface area contributed by atoms with Crippen molar-refractivity contribution in [3.05, 3.63) is 35.2 Å². The van der Waals surface area contributed by atoms with Crippen molar-refractivity contribution < 1.29 is 17.6 Å². The number of amides is 1. The van der Waals surface area contributed by atoms with Gasteiger partial charge in [-0.1, -0.05) is 23.7 Å². The molecule has 2 aromatic rings. The van der Waals surface area contributed by atoms with Gasteiger partial charge in [0.1, 0.15) is 0 Å². The van der Waals surface area contributed by atoms with Gasteiger partial charge in [0.25, 0.3) is 0 Å². The lowest BCUT2D eigenvalue weighted by molar-refractivity contribution is 0.0906. The maximum absolute atomic E-state index is 12.0. The number of halogens is 1. The summed E-state index contributed by atoms with van der Waals surface area (Å²) in [6.45, 7) is 0. The van der Waals surface area contributed by atoms with E-state index in [1.807, 2.05) is 0 Å². The second kappa shape index (κ2) is 5.69. The largest absolute Gasteiger partial charge is 0.412 e. The highest BCUT2D eigenvalue weighted by Crippen LogP contribution is 2.26. The van der Waals surface area contributed by atoms with Crippen molar-refractivity contribution in [2.45, 2.75) is 12.5 Å². The van der Waals surface area contributed by atoms with E-state index in [2.05, 4.69) is 15.5 Å². The monoisotopic (exact) mass is 341 g/mol. The fourth-order valence-corrected chi connectivity index (χ4v) is 4.10. The zero-order valence-electron chi connectivity index (χ0n) is 11.3. The molecule has 0 saturated carbocycles. The van der Waals surface area contributed by atoms with Crippen LogP contribution in [0, 0.1) is 0 Å². The minimum absolute atomic E-state index is 0.0652. The molecule has 0 radical (unpaired) electrons. The van der Waals surface area contributed by atoms with Crippen molar-refractivity contribution in [3.63, 3.8) is 0 Å². The maximum Gasteiger partial charge on any atom is 0.309 e. The third kappa shape index (κ3) is 3.12. The smallest absolute Gasteiger partial charge is 0.309 e. The van der Waals surface area contributed by atoms with Crippen molar-refractivity contribution in [2.24, 2.45) is 0 Å². The predicted molar refractivity (Wildman–Crippen MR) is 79.3 cm³/mol. The van der Waals surface area contributed by atoms with E-state index in [9.17, 15) is 13.2 Å². The topological polar surface area (TPSA) is 102 Å². The van der Waals surface area contributed by atoms with Crippen LogP contribution in [0.4, 0.5) is 0 Å². The molecule has 1 aromatic heterocycles. The first-order valence-electron chi connectivity index (χ1n) is 6.54. The zero-order chi connectivity index (χ0) is 15.7. The molecule has 2 heterocycles. The molecule has 1 aliphatic heterocycles. The minimum atomic E-state index is -3.07. The number of nitrogens with zero attached hydrogens (tertiary/aromatic N) is 2. The molecule has 0 spiro atoms. The van der Waals surface area contributed by atoms with Crippen LogP contribution in [-0.4, -0.2) is 42.1 Å². The summed E-state index contributed by atoms with van der Waals surface area (Å²) in [7, 11) is -3.07. The fraction of sp³-hybridized carbons (Fsp3) is 0.308. The standard InChI is InChI=1S/C13H12ClN3O4S/c14-10-4-2-1-3-9(10)12-16-17-13(21-12)11(18)15-8-5-6-22(19,20)7-8/h1-4,8H,5-7H2,(H,15,18). The Bertz CT molecular complexity index is 818. The lowest BCUT2D eigenvalue weighted by Gasteiger charge is -2.07. The van der Waals surface area contributed by atoms with Gasteiger partial charge >= 0.3 is 11.8 Å². The molecule has 1 amide bonds. The Morgan fingerprint density at radius 1 is 1.32 bits per heavy atom. The molecule has 22 heavy (non-hydrogen) atoms. The van der Waals surface area contributed by atoms with Crippen molar-refractivity contribution in [3.8, 4) is 11.5 Å². The predicted octanol–water partition coefficient (Wildman–Crippen LogP) is 1.31. The molecule has 1 fully saturated rings. The van der Waals surface area contributed by atoms with Gasteiger partial charge in [-0.2, -0.15) is 0 Å². The van der Waals surface area contributed by atoms with Gasteiger partial charge < -0.3 is 9.73 Å². The van der Waals surface area contributed by atoms with E-state index in [1.165, 1.54) is 0 Å². The lowest BCUT2D eigenvalue weighted by Crippen LogP contribution is -2.35. The normalized spacial score (nSPS) is 20.0. The third-order valence-electron chi connectivity index (χ3n) is 3.29. The quantitative estimate of drug-likeness (QED) is 0.903. The molecule has 1 aromatic carbocycles. The summed E-state index contributed by atoms with van der Waals surface area (Å²) >= 11 is 6.02. The van der Waals surface area contributed by atoms with Gasteiger partial charge in [-0.05, 0) is 18.6 Å². The molecular weight excluding hydrogens is 330 g/mol. The van der Waals surface area contributed by atoms with Crippen molar-refractivity contribution in [1.29, 1.82) is 0 Å². The summed E-state index contributed by atoms with van der Waals surface area (Å²) in [6, 6.07) is 6.46. The Balaban J connectivity index is 1.74. The van der Waals surface area contributed by atoms with Gasteiger partial charge in [0.15, 0.2) is 9.84 Å². The van der Waals surface area contributed by atoms with E-state index >= 15 is 0 Å². The highest BCUT2D eigenvalue weighted by atomic mass is 35.5. The summed E-state index contributed by atoms with van der Waals surface area (Å²) in [6.07, 6.45) is 0.388. The number of nitrogens with one attached hydrogen (secondary N) is 1. The Morgan fingerprint density at radius 2 is 2.09 bits per heavy atom. The Kier molecular flexibility index (Phi) is 3.88. The zero-order valence-corrected chi connectivity index (χ0v) is 12.9. The van der Waals surface area contributed by atoms with E-state index in [4.69, 9.17) is 16.0 Å². The molecule has 1 unspecified atom stereocenters. The molecule has 0 bridgehead atoms. The maximum atomic E-state index is 12.0. The van der Waals surface area contributed by atoms with Crippen LogP contribution >= 0.6 is 11.6 Å². The third-order valence-corrected chi connectivity index (χ3v) is 5.39. The first kappa shape index (κ1) is 15.0. The van der Waals surface area contributed by atoms with Crippen LogP contribution in [0.15, 0.2) is 28.7 Å². The van der Waals surface area contributed by atoms with Gasteiger partial charge in [-0.25, -0.2) is 8.42 Å². The molecular formula is C13H12ClN3O4S. The molecule has 7 nitrogen and oxygen atoms in total. The van der Waals surface area contributed by atoms with E-state index in [0.29, 0.717) is 17.0 Å². The molecule has 116 valence electrons. The van der Waals surface area contributed by atoms with Crippen molar-refractivity contribution >= 4 is 27.3 Å². The number of aromatic nitrogens is 2. The van der Waals surface area contributed by atoms with Crippen LogP contribution in [-0.2, 0) is 9.84 Å². The SMILES string of the molecule is O=C(NC1CCS(=O)(=O)C1)c1nnc(-c2ccccc2Cl)o1. The summed E-state index contributed by atoms with van der Waals surface area (Å²) < 4.78 is 28.0. The molecule has 0 aliphatic carbocycles. The van der Waals surface area contributed by atoms with Gasteiger partial charge in [0.2, 0.25) is 5.89 Å². The van der Waals surface area contributed by atoms with Crippen molar-refractivity contribution in [2.75, 3.05) is 11.5 Å². The van der Waals surface area contributed by atoms with E-state index in [1.54, 1.807) is 24.3 Å². The minimum Gasteiger partial charge on any atom is -0.412 e. The molecule has 1 N–H and O–H groups in total. The van der Waals surface area contributed by atoms with E-state index in [0.717, 1.165) is 0 Å². The molecule has 1 aliphatic rings. The second-order valence-corrected chi connectivity index (χ2v) is 7.60. The van der Waals surface area contributed by atoms with Gasteiger partial charge in [0, 0.05) is 6.04 Å². The van der Waals surface area contributed by atoms with Crippen molar-refractivity contribution in [1.82, 2.24) is 15.5 Å². The molecule has 9 heteroatoms. The van der Waals surface area contributed by atoms with Crippen LogP contribution in [0.2, 0.25) is 5.02 Å². The number of hydrogen-bond donors (Lipinski definition) is 1. The number of benzene rings is 1. The average molecular weight is 342 g/mol. The number of sulfone groups is 1. The second-order valence-electron chi connectivity index (χ2n) is 4.97. The average Bonchev–Trinajstić information content (AvgIpc) is 3.06. The van der Waals surface area contributed by atoms with E-state index in [-0.39, 0.29) is 23.3 Å². The van der Waals surface area contributed by atoms with Gasteiger partial charge in [0.05, 0.1) is 22.1 Å². The first-order valence-corrected chi connectivity index (χ1v) is 8.74. The Hall–Kier alpha value is -1.93. The van der Waals surface area contributed by atoms with Gasteiger partial charge in [-0.3, -0.25) is 4.79 Å². The molecule has 1 saturated heterocycles. The number of hydrogen-bond acceptors (Lipinski definition) is 6. The van der Waals surface area contributed by atoms with Gasteiger partial charge in [-0.15, -0.1) is 10.2 Å². The molecule has 3 rings (SSSR count). The number of carbonyl (C=O) groups excluding carboxylic acids is 1. The van der Waals surface area contributed by atoms with Crippen LogP contribution < -0.4 is 5.32 Å².